The van der Waals surface area contributed by atoms with Crippen LogP contribution in [0.1, 0.15) is 31.4 Å². The molecule has 0 bridgehead atoms. The van der Waals surface area contributed by atoms with E-state index in [9.17, 15) is 5.11 Å². The molecule has 2 aromatic rings. The number of likely N-dealkylation sites (tertiary alicyclic amines) is 1. The lowest BCUT2D eigenvalue weighted by Gasteiger charge is -2.40. The van der Waals surface area contributed by atoms with E-state index >= 15 is 0 Å². The zero-order valence-corrected chi connectivity index (χ0v) is 14.6. The Hall–Kier alpha value is -1.73. The van der Waals surface area contributed by atoms with E-state index in [2.05, 4.69) is 24.9 Å². The van der Waals surface area contributed by atoms with E-state index in [4.69, 9.17) is 0 Å². The lowest BCUT2D eigenvalue weighted by Crippen LogP contribution is -2.50. The second kappa shape index (κ2) is 5.97. The fourth-order valence-corrected chi connectivity index (χ4v) is 4.15. The summed E-state index contributed by atoms with van der Waals surface area (Å²) in [5, 5.41) is 16.5. The maximum absolute atomic E-state index is 11.0. The van der Waals surface area contributed by atoms with Crippen molar-refractivity contribution >= 4 is 16.9 Å². The van der Waals surface area contributed by atoms with E-state index in [-0.39, 0.29) is 0 Å². The number of rotatable bonds is 3. The lowest BCUT2D eigenvalue weighted by atomic mass is 9.90. The fourth-order valence-electron chi connectivity index (χ4n) is 4.15. The van der Waals surface area contributed by atoms with E-state index in [1.165, 1.54) is 12.8 Å². The molecule has 1 N–H and O–H groups in total. The van der Waals surface area contributed by atoms with Gasteiger partial charge in [0.1, 0.15) is 12.1 Å². The summed E-state index contributed by atoms with van der Waals surface area (Å²) >= 11 is 0. The van der Waals surface area contributed by atoms with Crippen LogP contribution >= 0.6 is 0 Å². The highest BCUT2D eigenvalue weighted by atomic mass is 16.3. The summed E-state index contributed by atoms with van der Waals surface area (Å²) in [4.78, 5) is 13.6. The molecule has 0 amide bonds. The number of aromatic nitrogens is 4. The van der Waals surface area contributed by atoms with Crippen molar-refractivity contribution in [2.75, 3.05) is 37.6 Å². The molecule has 7 nitrogen and oxygen atoms in total. The molecule has 2 aromatic heterocycles. The van der Waals surface area contributed by atoms with Gasteiger partial charge >= 0.3 is 0 Å². The number of hydrogen-bond donors (Lipinski definition) is 1. The maximum Gasteiger partial charge on any atom is 0.163 e. The summed E-state index contributed by atoms with van der Waals surface area (Å²) < 4.78 is 1.81. The molecule has 2 fully saturated rings. The Labute approximate surface area is 142 Å². The lowest BCUT2D eigenvalue weighted by molar-refractivity contribution is -0.0111. The van der Waals surface area contributed by atoms with Crippen molar-refractivity contribution in [3.05, 3.63) is 12.0 Å². The number of β-amino-alcohol motifs (C(OH)–C–C–N with tert-alkyl or cyclic N) is 1. The molecule has 0 aliphatic carbocycles. The summed E-state index contributed by atoms with van der Waals surface area (Å²) in [6.45, 7) is 6.73. The molecule has 0 radical (unpaired) electrons. The highest BCUT2D eigenvalue weighted by molar-refractivity contribution is 5.89. The summed E-state index contributed by atoms with van der Waals surface area (Å²) in [6, 6.07) is 0. The highest BCUT2D eigenvalue weighted by Crippen LogP contribution is 2.31. The molecule has 0 atom stereocenters. The van der Waals surface area contributed by atoms with Crippen LogP contribution in [0.15, 0.2) is 6.33 Å². The molecule has 2 aliphatic heterocycles. The van der Waals surface area contributed by atoms with Gasteiger partial charge in [-0.05, 0) is 45.7 Å². The summed E-state index contributed by atoms with van der Waals surface area (Å²) in [5.74, 6) is 0.953. The van der Waals surface area contributed by atoms with Gasteiger partial charge < -0.3 is 14.9 Å². The molecule has 7 heteroatoms. The van der Waals surface area contributed by atoms with E-state index in [0.29, 0.717) is 0 Å². The van der Waals surface area contributed by atoms with Crippen molar-refractivity contribution in [3.63, 3.8) is 0 Å². The first kappa shape index (κ1) is 15.8. The minimum Gasteiger partial charge on any atom is -0.388 e. The van der Waals surface area contributed by atoms with Gasteiger partial charge in [0.25, 0.3) is 0 Å². The topological polar surface area (TPSA) is 70.3 Å². The van der Waals surface area contributed by atoms with E-state index < -0.39 is 5.60 Å². The van der Waals surface area contributed by atoms with Crippen molar-refractivity contribution in [2.24, 2.45) is 7.05 Å². The maximum atomic E-state index is 11.0. The van der Waals surface area contributed by atoms with Gasteiger partial charge in [0.2, 0.25) is 0 Å². The first-order valence-corrected chi connectivity index (χ1v) is 8.90. The first-order valence-electron chi connectivity index (χ1n) is 8.90. The Morgan fingerprint density at radius 1 is 1.12 bits per heavy atom. The smallest absolute Gasteiger partial charge is 0.163 e. The third-order valence-electron chi connectivity index (χ3n) is 5.49. The molecule has 0 aromatic carbocycles. The van der Waals surface area contributed by atoms with Crippen LogP contribution in [0.3, 0.4) is 0 Å². The fraction of sp³-hybridized carbons (Fsp3) is 0.706. The van der Waals surface area contributed by atoms with Crippen LogP contribution in [0.5, 0.6) is 0 Å². The number of aliphatic hydroxyl groups is 1. The average molecular weight is 330 g/mol. The summed E-state index contributed by atoms with van der Waals surface area (Å²) in [6.07, 6.45) is 5.72. The minimum atomic E-state index is -0.559. The number of aryl methyl sites for hydroxylation is 2. The molecule has 0 spiro atoms. The zero-order chi connectivity index (χ0) is 16.7. The predicted molar refractivity (Wildman–Crippen MR) is 93.1 cm³/mol. The van der Waals surface area contributed by atoms with Gasteiger partial charge in [-0.25, -0.2) is 9.97 Å². The van der Waals surface area contributed by atoms with Crippen LogP contribution in [0.25, 0.3) is 11.0 Å². The second-order valence-electron chi connectivity index (χ2n) is 7.30. The van der Waals surface area contributed by atoms with Crippen LogP contribution in [0.4, 0.5) is 5.82 Å². The Kier molecular flexibility index (Phi) is 3.92. The van der Waals surface area contributed by atoms with Crippen LogP contribution in [-0.4, -0.2) is 68.1 Å². The molecule has 0 saturated carbocycles. The van der Waals surface area contributed by atoms with Crippen molar-refractivity contribution in [1.29, 1.82) is 0 Å². The third kappa shape index (κ3) is 2.75. The van der Waals surface area contributed by atoms with Gasteiger partial charge in [-0.2, -0.15) is 5.10 Å². The van der Waals surface area contributed by atoms with Crippen LogP contribution in [0, 0.1) is 6.92 Å². The van der Waals surface area contributed by atoms with Gasteiger partial charge in [-0.15, -0.1) is 0 Å². The number of hydrogen-bond acceptors (Lipinski definition) is 6. The Morgan fingerprint density at radius 2 is 1.83 bits per heavy atom. The molecule has 4 rings (SSSR count). The SMILES string of the molecule is Cc1nn(C)c2ncnc(N3CCC(O)(CN4CCCC4)CC3)c12. The molecular weight excluding hydrogens is 304 g/mol. The molecule has 2 aliphatic rings. The standard InChI is InChI=1S/C17H26N6O/c1-13-14-15(21(2)20-13)18-12-19-16(14)23-9-5-17(24,6-10-23)11-22-7-3-4-8-22/h12,24H,3-11H2,1-2H3. The van der Waals surface area contributed by atoms with E-state index in [1.54, 1.807) is 6.33 Å². The second-order valence-corrected chi connectivity index (χ2v) is 7.30. The van der Waals surface area contributed by atoms with E-state index in [1.807, 2.05) is 18.7 Å². The molecule has 2 saturated heterocycles. The first-order chi connectivity index (χ1) is 11.6. The summed E-state index contributed by atoms with van der Waals surface area (Å²) in [7, 11) is 1.91. The third-order valence-corrected chi connectivity index (χ3v) is 5.49. The molecule has 0 unspecified atom stereocenters. The monoisotopic (exact) mass is 330 g/mol. The molecular formula is C17H26N6O. The Bertz CT molecular complexity index is 728. The van der Waals surface area contributed by atoms with Crippen LogP contribution < -0.4 is 4.90 Å². The average Bonchev–Trinajstić information content (AvgIpc) is 3.16. The van der Waals surface area contributed by atoms with Crippen LogP contribution in [0.2, 0.25) is 0 Å². The van der Waals surface area contributed by atoms with E-state index in [0.717, 1.165) is 68.1 Å². The normalized spacial score (nSPS) is 21.7. The number of nitrogens with zero attached hydrogens (tertiary/aromatic N) is 6. The number of anilines is 1. The van der Waals surface area contributed by atoms with Crippen molar-refractivity contribution < 1.29 is 5.11 Å². The molecule has 130 valence electrons. The Morgan fingerprint density at radius 3 is 2.54 bits per heavy atom. The largest absolute Gasteiger partial charge is 0.388 e. The van der Waals surface area contributed by atoms with Gasteiger partial charge in [-0.1, -0.05) is 0 Å². The number of fused-ring (bicyclic) bond motifs is 1. The highest BCUT2D eigenvalue weighted by Gasteiger charge is 2.35. The number of piperidine rings is 1. The van der Waals surface area contributed by atoms with Crippen molar-refractivity contribution in [2.45, 2.75) is 38.2 Å². The van der Waals surface area contributed by atoms with Crippen molar-refractivity contribution in [3.8, 4) is 0 Å². The zero-order valence-electron chi connectivity index (χ0n) is 14.6. The van der Waals surface area contributed by atoms with Gasteiger partial charge in [0.15, 0.2) is 5.65 Å². The summed E-state index contributed by atoms with van der Waals surface area (Å²) in [5.41, 5.74) is 1.27. The van der Waals surface area contributed by atoms with Crippen LogP contribution in [-0.2, 0) is 7.05 Å². The van der Waals surface area contributed by atoms with Crippen molar-refractivity contribution in [1.82, 2.24) is 24.6 Å². The molecule has 4 heterocycles. The predicted octanol–water partition coefficient (Wildman–Crippen LogP) is 1.10. The van der Waals surface area contributed by atoms with Gasteiger partial charge in [0, 0.05) is 26.7 Å². The van der Waals surface area contributed by atoms with Gasteiger partial charge in [-0.3, -0.25) is 4.68 Å². The minimum absolute atomic E-state index is 0.559. The molecule has 24 heavy (non-hydrogen) atoms. The quantitative estimate of drug-likeness (QED) is 0.909. The van der Waals surface area contributed by atoms with Gasteiger partial charge in [0.05, 0.1) is 16.7 Å². The Balaban J connectivity index is 1.52.